The van der Waals surface area contributed by atoms with Crippen LogP contribution in [0.15, 0.2) is 52.9 Å². The van der Waals surface area contributed by atoms with E-state index in [1.807, 2.05) is 32.9 Å². The Hall–Kier alpha value is -2.79. The van der Waals surface area contributed by atoms with Gasteiger partial charge in [0.1, 0.15) is 16.4 Å². The van der Waals surface area contributed by atoms with Crippen LogP contribution < -0.4 is 5.32 Å². The van der Waals surface area contributed by atoms with Crippen molar-refractivity contribution in [2.75, 3.05) is 13.1 Å². The largest absolute Gasteiger partial charge is 0.444 e. The summed E-state index contributed by atoms with van der Waals surface area (Å²) in [5.41, 5.74) is 1.17. The van der Waals surface area contributed by atoms with Gasteiger partial charge in [0.05, 0.1) is 17.7 Å². The lowest BCUT2D eigenvalue weighted by Gasteiger charge is -2.32. The Morgan fingerprint density at radius 1 is 1.39 bits per heavy atom. The summed E-state index contributed by atoms with van der Waals surface area (Å²) in [5.74, 6) is -0.644. The second kappa shape index (κ2) is 9.56. The highest BCUT2D eigenvalue weighted by molar-refractivity contribution is 8.02. The Morgan fingerprint density at radius 3 is 2.77 bits per heavy atom. The number of halogens is 2. The van der Waals surface area contributed by atoms with Crippen LogP contribution in [0.5, 0.6) is 0 Å². The summed E-state index contributed by atoms with van der Waals surface area (Å²) in [4.78, 5) is 13.9. The number of dihydropyridines is 1. The van der Waals surface area contributed by atoms with Gasteiger partial charge >= 0.3 is 6.09 Å². The number of carbonyl (C=O) groups is 1. The molecule has 2 aliphatic heterocycles. The molecule has 2 heterocycles. The molecular weight excluding hydrogens is 420 g/mol. The van der Waals surface area contributed by atoms with Gasteiger partial charge in [-0.3, -0.25) is 0 Å². The second-order valence-corrected chi connectivity index (χ2v) is 9.31. The predicted molar refractivity (Wildman–Crippen MR) is 117 cm³/mol. The molecule has 0 spiro atoms. The van der Waals surface area contributed by atoms with Crippen LogP contribution in [-0.2, 0) is 10.5 Å². The molecule has 0 aliphatic carbocycles. The van der Waals surface area contributed by atoms with E-state index in [1.54, 1.807) is 23.1 Å². The summed E-state index contributed by atoms with van der Waals surface area (Å²) in [5, 5.41) is 12.4. The van der Waals surface area contributed by atoms with Gasteiger partial charge in [-0.25, -0.2) is 13.6 Å². The number of nitrogens with zero attached hydrogens (tertiary/aromatic N) is 2. The van der Waals surface area contributed by atoms with Gasteiger partial charge < -0.3 is 15.0 Å². The first-order valence-corrected chi connectivity index (χ1v) is 11.0. The molecular formula is C23H25F2N3O2S. The van der Waals surface area contributed by atoms with Crippen molar-refractivity contribution >= 4 is 17.9 Å². The second-order valence-electron chi connectivity index (χ2n) is 8.32. The van der Waals surface area contributed by atoms with Crippen molar-refractivity contribution in [2.24, 2.45) is 0 Å². The average molecular weight is 446 g/mol. The van der Waals surface area contributed by atoms with Crippen LogP contribution in [0.2, 0.25) is 0 Å². The van der Waals surface area contributed by atoms with E-state index < -0.39 is 17.2 Å². The quantitative estimate of drug-likeness (QED) is 0.648. The molecule has 0 bridgehead atoms. The minimum Gasteiger partial charge on any atom is -0.444 e. The Labute approximate surface area is 185 Å². The molecule has 1 aromatic carbocycles. The fraction of sp³-hybridized carbons (Fsp3) is 0.391. The minimum absolute atomic E-state index is 0.186. The fourth-order valence-corrected chi connectivity index (χ4v) is 4.14. The third-order valence-corrected chi connectivity index (χ3v) is 5.84. The summed E-state index contributed by atoms with van der Waals surface area (Å²) >= 11 is 1.17. The topological polar surface area (TPSA) is 65.4 Å². The van der Waals surface area contributed by atoms with Crippen LogP contribution in [0.1, 0.15) is 38.3 Å². The molecule has 0 aromatic heterocycles. The van der Waals surface area contributed by atoms with Crippen molar-refractivity contribution < 1.29 is 18.3 Å². The Kier molecular flexibility index (Phi) is 7.06. The van der Waals surface area contributed by atoms with Crippen LogP contribution in [0.3, 0.4) is 0 Å². The van der Waals surface area contributed by atoms with E-state index >= 15 is 0 Å². The molecule has 1 N–H and O–H groups in total. The Bertz CT molecular complexity index is 990. The van der Waals surface area contributed by atoms with Gasteiger partial charge in [0, 0.05) is 18.8 Å². The lowest BCUT2D eigenvalue weighted by atomic mass is 9.98. The van der Waals surface area contributed by atoms with Gasteiger partial charge in [0.25, 0.3) is 0 Å². The highest BCUT2D eigenvalue weighted by Crippen LogP contribution is 2.30. The van der Waals surface area contributed by atoms with E-state index in [9.17, 15) is 13.6 Å². The molecule has 3 rings (SSSR count). The molecule has 1 aromatic rings. The van der Waals surface area contributed by atoms with Gasteiger partial charge in [-0.15, -0.1) is 11.8 Å². The SMILES string of the molecule is CC(C)(C)OC(=O)N1CC=C(C2C=CC(F)=C(SCc3ccc(C#N)cc3F)N2)CC1. The summed E-state index contributed by atoms with van der Waals surface area (Å²) in [6.07, 6.45) is 5.42. The average Bonchev–Trinajstić information content (AvgIpc) is 2.72. The maximum absolute atomic E-state index is 14.3. The minimum atomic E-state index is -0.544. The highest BCUT2D eigenvalue weighted by Gasteiger charge is 2.26. The Morgan fingerprint density at radius 2 is 2.16 bits per heavy atom. The Balaban J connectivity index is 1.59. The summed E-state index contributed by atoms with van der Waals surface area (Å²) in [6, 6.07) is 5.98. The summed E-state index contributed by atoms with van der Waals surface area (Å²) in [7, 11) is 0. The molecule has 0 radical (unpaired) electrons. The van der Waals surface area contributed by atoms with Gasteiger partial charge in [0.15, 0.2) is 5.83 Å². The van der Waals surface area contributed by atoms with Crippen molar-refractivity contribution in [3.8, 4) is 6.07 Å². The molecule has 0 saturated carbocycles. The van der Waals surface area contributed by atoms with Crippen molar-refractivity contribution in [2.45, 2.75) is 44.6 Å². The van der Waals surface area contributed by atoms with Crippen molar-refractivity contribution in [1.82, 2.24) is 10.2 Å². The van der Waals surface area contributed by atoms with E-state index in [0.29, 0.717) is 30.1 Å². The van der Waals surface area contributed by atoms with Crippen LogP contribution in [0.25, 0.3) is 0 Å². The summed E-state index contributed by atoms with van der Waals surface area (Å²) in [6.45, 7) is 6.45. The van der Waals surface area contributed by atoms with Gasteiger partial charge in [-0.1, -0.05) is 18.2 Å². The molecule has 164 valence electrons. The first kappa shape index (κ1) is 22.9. The number of benzene rings is 1. The number of ether oxygens (including phenoxy) is 1. The van der Waals surface area contributed by atoms with Gasteiger partial charge in [0.2, 0.25) is 0 Å². The zero-order valence-corrected chi connectivity index (χ0v) is 18.6. The zero-order valence-electron chi connectivity index (χ0n) is 17.7. The predicted octanol–water partition coefficient (Wildman–Crippen LogP) is 5.16. The van der Waals surface area contributed by atoms with Crippen molar-refractivity contribution in [1.29, 1.82) is 5.26 Å². The summed E-state index contributed by atoms with van der Waals surface area (Å²) < 4.78 is 33.8. The number of amides is 1. The maximum atomic E-state index is 14.3. The molecule has 0 fully saturated rings. The monoisotopic (exact) mass is 445 g/mol. The zero-order chi connectivity index (χ0) is 22.6. The number of nitriles is 1. The standard InChI is InChI=1S/C23H25F2N3O2S/c1-23(2,3)30-22(29)28-10-8-16(9-11-28)20-7-6-18(24)21(27-20)31-14-17-5-4-15(13-26)12-19(17)25/h4-8,12,20,27H,9-11,14H2,1-3H3. The normalized spacial score (nSPS) is 18.9. The van der Waals surface area contributed by atoms with Gasteiger partial charge in [-0.2, -0.15) is 5.26 Å². The third-order valence-electron chi connectivity index (χ3n) is 4.79. The molecule has 31 heavy (non-hydrogen) atoms. The lowest BCUT2D eigenvalue weighted by molar-refractivity contribution is 0.0265. The molecule has 1 atom stereocenters. The number of nitrogens with one attached hydrogen (secondary N) is 1. The van der Waals surface area contributed by atoms with E-state index in [-0.39, 0.29) is 23.5 Å². The third kappa shape index (κ3) is 6.11. The van der Waals surface area contributed by atoms with Crippen LogP contribution in [-0.4, -0.2) is 35.7 Å². The van der Waals surface area contributed by atoms with E-state index in [2.05, 4.69) is 5.32 Å². The smallest absolute Gasteiger partial charge is 0.410 e. The van der Waals surface area contributed by atoms with E-state index in [0.717, 1.165) is 5.57 Å². The van der Waals surface area contributed by atoms with Crippen LogP contribution in [0.4, 0.5) is 13.6 Å². The number of rotatable bonds is 4. The van der Waals surface area contributed by atoms with Crippen molar-refractivity contribution in [3.63, 3.8) is 0 Å². The molecule has 5 nitrogen and oxygen atoms in total. The molecule has 8 heteroatoms. The molecule has 1 unspecified atom stereocenters. The first-order chi connectivity index (χ1) is 14.7. The van der Waals surface area contributed by atoms with Crippen LogP contribution >= 0.6 is 11.8 Å². The van der Waals surface area contributed by atoms with Crippen LogP contribution in [0, 0.1) is 17.1 Å². The molecule has 1 amide bonds. The van der Waals surface area contributed by atoms with E-state index in [1.165, 1.54) is 23.9 Å². The number of carbonyl (C=O) groups excluding carboxylic acids is 1. The van der Waals surface area contributed by atoms with Crippen molar-refractivity contribution in [3.05, 3.63) is 69.8 Å². The molecule has 2 aliphatic rings. The number of hydrogen-bond donors (Lipinski definition) is 1. The highest BCUT2D eigenvalue weighted by atomic mass is 32.2. The van der Waals surface area contributed by atoms with Gasteiger partial charge in [-0.05, 0) is 56.5 Å². The fourth-order valence-electron chi connectivity index (χ4n) is 3.19. The first-order valence-electron chi connectivity index (χ1n) is 9.99. The number of thioether (sulfide) groups is 1. The van der Waals surface area contributed by atoms with E-state index in [4.69, 9.17) is 10.00 Å². The molecule has 0 saturated heterocycles. The number of hydrogen-bond acceptors (Lipinski definition) is 5. The lowest BCUT2D eigenvalue weighted by Crippen LogP contribution is -2.41. The number of allylic oxidation sites excluding steroid dienone is 2. The maximum Gasteiger partial charge on any atom is 0.410 e.